The Hall–Kier alpha value is -1.42. The summed E-state index contributed by atoms with van der Waals surface area (Å²) in [6.07, 6.45) is 5.06. The van der Waals surface area contributed by atoms with Crippen molar-refractivity contribution < 1.29 is 4.74 Å². The Bertz CT molecular complexity index is 287. The summed E-state index contributed by atoms with van der Waals surface area (Å²) in [4.78, 5) is 0. The molecule has 0 aliphatic carbocycles. The summed E-state index contributed by atoms with van der Waals surface area (Å²) in [5.41, 5.74) is 2.24. The SMILES string of the molecule is C#CCOc1[c]c(C)cc(C)c1. The number of aryl methyl sites for hydroxylation is 2. The van der Waals surface area contributed by atoms with Crippen LogP contribution in [0, 0.1) is 32.3 Å². The predicted octanol–water partition coefficient (Wildman–Crippen LogP) is 2.12. The number of rotatable bonds is 2. The monoisotopic (exact) mass is 159 g/mol. The molecule has 1 nitrogen and oxygen atoms in total. The molecule has 1 aromatic rings. The third-order valence-electron chi connectivity index (χ3n) is 1.43. The lowest BCUT2D eigenvalue weighted by Crippen LogP contribution is -1.94. The number of terminal acetylenes is 1. The summed E-state index contributed by atoms with van der Waals surface area (Å²) in [7, 11) is 0. The maximum atomic E-state index is 5.23. The molecule has 1 aromatic carbocycles. The number of benzene rings is 1. The highest BCUT2D eigenvalue weighted by Crippen LogP contribution is 2.14. The lowest BCUT2D eigenvalue weighted by Gasteiger charge is -2.03. The third kappa shape index (κ3) is 2.32. The van der Waals surface area contributed by atoms with Gasteiger partial charge in [0.25, 0.3) is 0 Å². The minimum Gasteiger partial charge on any atom is -0.480 e. The van der Waals surface area contributed by atoms with Gasteiger partial charge in [-0.25, -0.2) is 0 Å². The average Bonchev–Trinajstić information content (AvgIpc) is 1.99. The first-order valence-corrected chi connectivity index (χ1v) is 3.79. The molecule has 0 unspecified atom stereocenters. The number of hydrogen-bond donors (Lipinski definition) is 0. The minimum atomic E-state index is 0.305. The van der Waals surface area contributed by atoms with Crippen molar-refractivity contribution in [3.63, 3.8) is 0 Å². The molecule has 12 heavy (non-hydrogen) atoms. The molecule has 1 heteroatoms. The zero-order valence-corrected chi connectivity index (χ0v) is 7.35. The maximum absolute atomic E-state index is 5.23. The first-order chi connectivity index (χ1) is 5.72. The van der Waals surface area contributed by atoms with E-state index in [0.717, 1.165) is 11.3 Å². The number of hydrogen-bond acceptors (Lipinski definition) is 1. The van der Waals surface area contributed by atoms with E-state index >= 15 is 0 Å². The van der Waals surface area contributed by atoms with Crippen LogP contribution in [-0.2, 0) is 0 Å². The van der Waals surface area contributed by atoms with Crippen molar-refractivity contribution >= 4 is 0 Å². The van der Waals surface area contributed by atoms with Crippen LogP contribution in [0.2, 0.25) is 0 Å². The molecule has 1 rings (SSSR count). The molecule has 0 amide bonds. The first-order valence-electron chi connectivity index (χ1n) is 3.79. The fourth-order valence-corrected chi connectivity index (χ4v) is 1.05. The zero-order chi connectivity index (χ0) is 8.97. The molecule has 0 spiro atoms. The van der Waals surface area contributed by atoms with Crippen LogP contribution in [0.3, 0.4) is 0 Å². The minimum absolute atomic E-state index is 0.305. The van der Waals surface area contributed by atoms with Crippen molar-refractivity contribution in [2.75, 3.05) is 6.61 Å². The quantitative estimate of drug-likeness (QED) is 0.600. The maximum Gasteiger partial charge on any atom is 0.148 e. The van der Waals surface area contributed by atoms with Crippen LogP contribution in [0.5, 0.6) is 5.75 Å². The van der Waals surface area contributed by atoms with Crippen LogP contribution in [0.1, 0.15) is 11.1 Å². The van der Waals surface area contributed by atoms with Gasteiger partial charge in [-0.15, -0.1) is 6.42 Å². The summed E-state index contributed by atoms with van der Waals surface area (Å²) < 4.78 is 5.23. The molecule has 0 N–H and O–H groups in total. The van der Waals surface area contributed by atoms with E-state index in [4.69, 9.17) is 11.2 Å². The Labute approximate surface area is 73.4 Å². The van der Waals surface area contributed by atoms with Crippen LogP contribution in [0.4, 0.5) is 0 Å². The van der Waals surface area contributed by atoms with E-state index in [0.29, 0.717) is 6.61 Å². The molecule has 0 heterocycles. The third-order valence-corrected chi connectivity index (χ3v) is 1.43. The highest BCUT2D eigenvalue weighted by atomic mass is 16.5. The Morgan fingerprint density at radius 1 is 1.50 bits per heavy atom. The van der Waals surface area contributed by atoms with Gasteiger partial charge in [0.15, 0.2) is 0 Å². The van der Waals surface area contributed by atoms with Crippen molar-refractivity contribution in [1.82, 2.24) is 0 Å². The van der Waals surface area contributed by atoms with Crippen molar-refractivity contribution in [1.29, 1.82) is 0 Å². The second kappa shape index (κ2) is 3.82. The molecule has 0 fully saturated rings. The molecule has 0 aliphatic heterocycles. The molecular formula is C11H11O. The van der Waals surface area contributed by atoms with Crippen molar-refractivity contribution in [3.05, 3.63) is 29.3 Å². The molecule has 0 atom stereocenters. The fourth-order valence-electron chi connectivity index (χ4n) is 1.05. The smallest absolute Gasteiger partial charge is 0.148 e. The molecule has 61 valence electrons. The summed E-state index contributed by atoms with van der Waals surface area (Å²) in [6.45, 7) is 4.30. The van der Waals surface area contributed by atoms with Crippen molar-refractivity contribution in [2.24, 2.45) is 0 Å². The lowest BCUT2D eigenvalue weighted by atomic mass is 10.1. The van der Waals surface area contributed by atoms with E-state index < -0.39 is 0 Å². The lowest BCUT2D eigenvalue weighted by molar-refractivity contribution is 0.369. The molecule has 0 aromatic heterocycles. The summed E-state index contributed by atoms with van der Waals surface area (Å²) in [5.74, 6) is 3.14. The molecule has 1 radical (unpaired) electrons. The van der Waals surface area contributed by atoms with Gasteiger partial charge in [0.1, 0.15) is 12.4 Å². The van der Waals surface area contributed by atoms with Gasteiger partial charge >= 0.3 is 0 Å². The van der Waals surface area contributed by atoms with Gasteiger partial charge in [-0.2, -0.15) is 0 Å². The summed E-state index contributed by atoms with van der Waals surface area (Å²) >= 11 is 0. The Kier molecular flexibility index (Phi) is 2.76. The fraction of sp³-hybridized carbons (Fsp3) is 0.273. The molecule has 0 saturated heterocycles. The molecule has 0 bridgehead atoms. The van der Waals surface area contributed by atoms with Gasteiger partial charge in [0.05, 0.1) is 0 Å². The first kappa shape index (κ1) is 8.67. The van der Waals surface area contributed by atoms with E-state index in [9.17, 15) is 0 Å². The van der Waals surface area contributed by atoms with Crippen LogP contribution in [0.15, 0.2) is 12.1 Å². The van der Waals surface area contributed by atoms with E-state index in [1.165, 1.54) is 5.56 Å². The highest BCUT2D eigenvalue weighted by molar-refractivity contribution is 5.31. The summed E-state index contributed by atoms with van der Waals surface area (Å²) in [6, 6.07) is 7.03. The van der Waals surface area contributed by atoms with Gasteiger partial charge in [0.2, 0.25) is 0 Å². The standard InChI is InChI=1S/C11H11O/c1-4-5-12-11-7-9(2)6-10(3)8-11/h1,6-7H,5H2,2-3H3. The van der Waals surface area contributed by atoms with Crippen LogP contribution < -0.4 is 4.74 Å². The Balaban J connectivity index is 2.80. The van der Waals surface area contributed by atoms with Gasteiger partial charge in [0, 0.05) is 6.07 Å². The van der Waals surface area contributed by atoms with Crippen LogP contribution >= 0.6 is 0 Å². The second-order valence-electron chi connectivity index (χ2n) is 2.70. The molecule has 0 saturated carbocycles. The van der Waals surface area contributed by atoms with Crippen molar-refractivity contribution in [3.8, 4) is 18.1 Å². The summed E-state index contributed by atoms with van der Waals surface area (Å²) in [5, 5.41) is 0. The van der Waals surface area contributed by atoms with Gasteiger partial charge in [-0.1, -0.05) is 12.0 Å². The zero-order valence-electron chi connectivity index (χ0n) is 7.35. The highest BCUT2D eigenvalue weighted by Gasteiger charge is 1.95. The predicted molar refractivity (Wildman–Crippen MR) is 49.1 cm³/mol. The Morgan fingerprint density at radius 2 is 2.25 bits per heavy atom. The van der Waals surface area contributed by atoms with Crippen LogP contribution in [0.25, 0.3) is 0 Å². The molecular weight excluding hydrogens is 148 g/mol. The van der Waals surface area contributed by atoms with Gasteiger partial charge in [-0.3, -0.25) is 0 Å². The largest absolute Gasteiger partial charge is 0.480 e. The van der Waals surface area contributed by atoms with E-state index in [1.54, 1.807) is 0 Å². The Morgan fingerprint density at radius 3 is 2.83 bits per heavy atom. The van der Waals surface area contributed by atoms with E-state index in [1.807, 2.05) is 26.0 Å². The van der Waals surface area contributed by atoms with E-state index in [-0.39, 0.29) is 0 Å². The van der Waals surface area contributed by atoms with Crippen molar-refractivity contribution in [2.45, 2.75) is 13.8 Å². The molecule has 0 aliphatic rings. The van der Waals surface area contributed by atoms with Gasteiger partial charge < -0.3 is 4.74 Å². The number of ether oxygens (including phenoxy) is 1. The topological polar surface area (TPSA) is 9.23 Å². The average molecular weight is 159 g/mol. The van der Waals surface area contributed by atoms with Crippen LogP contribution in [-0.4, -0.2) is 6.61 Å². The van der Waals surface area contributed by atoms with Gasteiger partial charge in [-0.05, 0) is 31.0 Å². The van der Waals surface area contributed by atoms with E-state index in [2.05, 4.69) is 12.0 Å². The normalized spacial score (nSPS) is 9.08. The second-order valence-corrected chi connectivity index (χ2v) is 2.70.